The topological polar surface area (TPSA) is 51.0 Å². The van der Waals surface area contributed by atoms with Crippen molar-refractivity contribution in [2.75, 3.05) is 6.54 Å². The van der Waals surface area contributed by atoms with Crippen LogP contribution in [0.1, 0.15) is 54.5 Å². The Labute approximate surface area is 137 Å². The number of carbonyl (C=O) groups is 1. The fourth-order valence-corrected chi connectivity index (χ4v) is 3.20. The maximum absolute atomic E-state index is 12.9. The number of aromatic nitrogens is 3. The Morgan fingerprint density at radius 1 is 1.30 bits per heavy atom. The lowest BCUT2D eigenvalue weighted by atomic mass is 10.1. The smallest absolute Gasteiger partial charge is 0.254 e. The first-order valence-corrected chi connectivity index (χ1v) is 8.31. The van der Waals surface area contributed by atoms with Crippen molar-refractivity contribution < 1.29 is 4.79 Å². The molecule has 5 heteroatoms. The van der Waals surface area contributed by atoms with Gasteiger partial charge in [-0.05, 0) is 37.8 Å². The van der Waals surface area contributed by atoms with Gasteiger partial charge in [0.25, 0.3) is 5.91 Å². The summed E-state index contributed by atoms with van der Waals surface area (Å²) >= 11 is 0. The second kappa shape index (κ2) is 6.52. The van der Waals surface area contributed by atoms with E-state index in [0.717, 1.165) is 42.9 Å². The van der Waals surface area contributed by atoms with Gasteiger partial charge in [0.1, 0.15) is 6.33 Å². The highest BCUT2D eigenvalue weighted by molar-refractivity contribution is 5.94. The minimum atomic E-state index is 0.0325. The zero-order valence-electron chi connectivity index (χ0n) is 14.1. The molecule has 1 atom stereocenters. The van der Waals surface area contributed by atoms with Crippen LogP contribution in [0.15, 0.2) is 30.6 Å². The van der Waals surface area contributed by atoms with Crippen LogP contribution >= 0.6 is 0 Å². The maximum atomic E-state index is 12.9. The number of nitrogens with zero attached hydrogens (tertiary/aromatic N) is 4. The first-order valence-electron chi connectivity index (χ1n) is 8.31. The number of benzene rings is 1. The molecule has 1 aromatic carbocycles. The monoisotopic (exact) mass is 312 g/mol. The molecule has 122 valence electrons. The van der Waals surface area contributed by atoms with Gasteiger partial charge in [0.15, 0.2) is 5.82 Å². The number of aryl methyl sites for hydroxylation is 1. The fourth-order valence-electron chi connectivity index (χ4n) is 3.20. The van der Waals surface area contributed by atoms with Crippen molar-refractivity contribution in [3.63, 3.8) is 0 Å². The molecule has 0 N–H and O–H groups in total. The van der Waals surface area contributed by atoms with Crippen molar-refractivity contribution >= 4 is 5.91 Å². The first-order chi connectivity index (χ1) is 11.1. The van der Waals surface area contributed by atoms with Crippen molar-refractivity contribution in [2.45, 2.75) is 46.2 Å². The summed E-state index contributed by atoms with van der Waals surface area (Å²) in [7, 11) is 0. The highest BCUT2D eigenvalue weighted by Gasteiger charge is 2.33. The standard InChI is InChI=1S/C18H24N4O/c1-13(2)11-21-12-19-20-17(21)16-5-4-10-22(16)18(23)15-8-6-14(3)7-9-15/h6-9,12-13,16H,4-5,10-11H2,1-3H3. The van der Waals surface area contributed by atoms with E-state index in [9.17, 15) is 4.79 Å². The van der Waals surface area contributed by atoms with Crippen molar-refractivity contribution in [1.82, 2.24) is 19.7 Å². The molecule has 3 rings (SSSR count). The summed E-state index contributed by atoms with van der Waals surface area (Å²) in [5.74, 6) is 1.52. The second-order valence-corrected chi connectivity index (χ2v) is 6.76. The van der Waals surface area contributed by atoms with Gasteiger partial charge in [-0.25, -0.2) is 0 Å². The third-order valence-electron chi connectivity index (χ3n) is 4.32. The first kappa shape index (κ1) is 15.7. The summed E-state index contributed by atoms with van der Waals surface area (Å²) in [6, 6.07) is 7.82. The lowest BCUT2D eigenvalue weighted by Gasteiger charge is -2.25. The van der Waals surface area contributed by atoms with Gasteiger partial charge in [0.05, 0.1) is 6.04 Å². The zero-order valence-corrected chi connectivity index (χ0v) is 14.1. The van der Waals surface area contributed by atoms with Crippen molar-refractivity contribution in [1.29, 1.82) is 0 Å². The Hall–Kier alpha value is -2.17. The van der Waals surface area contributed by atoms with Crippen LogP contribution in [0.25, 0.3) is 0 Å². The van der Waals surface area contributed by atoms with Gasteiger partial charge in [-0.1, -0.05) is 31.5 Å². The van der Waals surface area contributed by atoms with E-state index < -0.39 is 0 Å². The predicted octanol–water partition coefficient (Wildman–Crippen LogP) is 3.22. The number of hydrogen-bond donors (Lipinski definition) is 0. The number of amides is 1. The molecule has 23 heavy (non-hydrogen) atoms. The molecule has 0 bridgehead atoms. The molecule has 1 aliphatic heterocycles. The number of rotatable bonds is 4. The van der Waals surface area contributed by atoms with E-state index in [1.807, 2.05) is 36.1 Å². The largest absolute Gasteiger partial charge is 0.328 e. The van der Waals surface area contributed by atoms with Gasteiger partial charge >= 0.3 is 0 Å². The molecule has 1 unspecified atom stereocenters. The van der Waals surface area contributed by atoms with Crippen LogP contribution in [0.5, 0.6) is 0 Å². The molecule has 2 aromatic rings. The third kappa shape index (κ3) is 3.28. The summed E-state index contributed by atoms with van der Waals surface area (Å²) < 4.78 is 2.09. The van der Waals surface area contributed by atoms with Gasteiger partial charge in [-0.2, -0.15) is 0 Å². The Balaban J connectivity index is 1.84. The molecule has 0 radical (unpaired) electrons. The van der Waals surface area contributed by atoms with Crippen LogP contribution in [0, 0.1) is 12.8 Å². The van der Waals surface area contributed by atoms with E-state index in [4.69, 9.17) is 0 Å². The predicted molar refractivity (Wildman–Crippen MR) is 89.1 cm³/mol. The summed E-state index contributed by atoms with van der Waals surface area (Å²) in [6.07, 6.45) is 3.74. The zero-order chi connectivity index (χ0) is 16.4. The summed E-state index contributed by atoms with van der Waals surface area (Å²) in [6.45, 7) is 8.04. The molecule has 1 aromatic heterocycles. The quantitative estimate of drug-likeness (QED) is 0.871. The van der Waals surface area contributed by atoms with Gasteiger partial charge in [-0.3, -0.25) is 4.79 Å². The Kier molecular flexibility index (Phi) is 4.46. The summed E-state index contributed by atoms with van der Waals surface area (Å²) in [5, 5.41) is 8.38. The van der Waals surface area contributed by atoms with Crippen LogP contribution in [-0.2, 0) is 6.54 Å². The summed E-state index contributed by atoms with van der Waals surface area (Å²) in [4.78, 5) is 14.8. The molecular formula is C18H24N4O. The molecule has 1 saturated heterocycles. The Bertz CT molecular complexity index is 675. The molecular weight excluding hydrogens is 288 g/mol. The van der Waals surface area contributed by atoms with Crippen LogP contribution in [0.3, 0.4) is 0 Å². The van der Waals surface area contributed by atoms with Crippen LogP contribution < -0.4 is 0 Å². The van der Waals surface area contributed by atoms with Crippen molar-refractivity contribution in [2.24, 2.45) is 5.92 Å². The molecule has 5 nitrogen and oxygen atoms in total. The van der Waals surface area contributed by atoms with Gasteiger partial charge < -0.3 is 9.47 Å². The molecule has 1 aliphatic rings. The van der Waals surface area contributed by atoms with E-state index in [1.54, 1.807) is 6.33 Å². The van der Waals surface area contributed by atoms with Crippen LogP contribution in [0.4, 0.5) is 0 Å². The molecule has 0 spiro atoms. The van der Waals surface area contributed by atoms with Gasteiger partial charge in [-0.15, -0.1) is 10.2 Å². The van der Waals surface area contributed by atoms with E-state index in [0.29, 0.717) is 5.92 Å². The minimum absolute atomic E-state index is 0.0325. The number of hydrogen-bond acceptors (Lipinski definition) is 3. The van der Waals surface area contributed by atoms with Gasteiger partial charge in [0.2, 0.25) is 0 Å². The third-order valence-corrected chi connectivity index (χ3v) is 4.32. The molecule has 1 amide bonds. The van der Waals surface area contributed by atoms with Crippen LogP contribution in [-0.4, -0.2) is 32.1 Å². The van der Waals surface area contributed by atoms with E-state index in [1.165, 1.54) is 0 Å². The number of carbonyl (C=O) groups excluding carboxylic acids is 1. The van der Waals surface area contributed by atoms with E-state index in [2.05, 4.69) is 28.6 Å². The molecule has 2 heterocycles. The Morgan fingerprint density at radius 3 is 2.74 bits per heavy atom. The van der Waals surface area contributed by atoms with Crippen molar-refractivity contribution in [3.8, 4) is 0 Å². The second-order valence-electron chi connectivity index (χ2n) is 6.76. The normalized spacial score (nSPS) is 17.9. The fraction of sp³-hybridized carbons (Fsp3) is 0.500. The highest BCUT2D eigenvalue weighted by atomic mass is 16.2. The average molecular weight is 312 g/mol. The Morgan fingerprint density at radius 2 is 2.04 bits per heavy atom. The lowest BCUT2D eigenvalue weighted by Crippen LogP contribution is -2.32. The molecule has 0 saturated carbocycles. The van der Waals surface area contributed by atoms with Crippen LogP contribution in [0.2, 0.25) is 0 Å². The summed E-state index contributed by atoms with van der Waals surface area (Å²) in [5.41, 5.74) is 1.91. The molecule has 1 fully saturated rings. The van der Waals surface area contributed by atoms with E-state index >= 15 is 0 Å². The van der Waals surface area contributed by atoms with Crippen molar-refractivity contribution in [3.05, 3.63) is 47.5 Å². The average Bonchev–Trinajstić information content (AvgIpc) is 3.15. The SMILES string of the molecule is Cc1ccc(C(=O)N2CCCC2c2nncn2CC(C)C)cc1. The maximum Gasteiger partial charge on any atom is 0.254 e. The minimum Gasteiger partial charge on any atom is -0.328 e. The van der Waals surface area contributed by atoms with E-state index in [-0.39, 0.29) is 11.9 Å². The molecule has 0 aliphatic carbocycles. The number of likely N-dealkylation sites (tertiary alicyclic amines) is 1. The highest BCUT2D eigenvalue weighted by Crippen LogP contribution is 2.32. The van der Waals surface area contributed by atoms with Gasteiger partial charge in [0, 0.05) is 18.7 Å². The lowest BCUT2D eigenvalue weighted by molar-refractivity contribution is 0.0727.